The van der Waals surface area contributed by atoms with E-state index >= 15 is 0 Å². The highest BCUT2D eigenvalue weighted by Gasteiger charge is 2.59. The molecule has 0 aromatic carbocycles. The Kier molecular flexibility index (Phi) is 8.46. The number of allylic oxidation sites excluding steroid dienone is 1. The zero-order valence-corrected chi connectivity index (χ0v) is 23.7. The summed E-state index contributed by atoms with van der Waals surface area (Å²) in [5, 5.41) is 9.58. The van der Waals surface area contributed by atoms with Crippen molar-refractivity contribution in [1.82, 2.24) is 0 Å². The molecule has 0 aliphatic heterocycles. The van der Waals surface area contributed by atoms with Crippen LogP contribution < -0.4 is 0 Å². The van der Waals surface area contributed by atoms with Crippen molar-refractivity contribution in [2.24, 2.45) is 46.3 Å². The first-order valence-corrected chi connectivity index (χ1v) is 15.2. The van der Waals surface area contributed by atoms with Gasteiger partial charge in [-0.3, -0.25) is 0 Å². The van der Waals surface area contributed by atoms with Gasteiger partial charge in [0.25, 0.3) is 0 Å². The number of ether oxygens (including phenoxy) is 1. The Morgan fingerprint density at radius 2 is 1.83 bits per heavy atom. The van der Waals surface area contributed by atoms with E-state index in [2.05, 4.69) is 40.7 Å². The van der Waals surface area contributed by atoms with Crippen LogP contribution in [0.2, 0.25) is 0 Å². The molecule has 0 amide bonds. The molecule has 1 N–H and O–H groups in total. The Balaban J connectivity index is 1.43. The van der Waals surface area contributed by atoms with E-state index in [0.29, 0.717) is 17.3 Å². The zero-order valence-electron chi connectivity index (χ0n) is 23.7. The van der Waals surface area contributed by atoms with Crippen LogP contribution in [0, 0.1) is 46.3 Å². The number of fused-ring (bicyclic) bond motifs is 5. The number of carbonyl (C=O) groups is 1. The van der Waals surface area contributed by atoms with Gasteiger partial charge in [-0.15, -0.1) is 0 Å². The Labute approximate surface area is 215 Å². The molecule has 4 rings (SSSR count). The fraction of sp³-hybridized carbons (Fsp3) is 0.906. The SMILES string of the molecule is CCCC(O[C@H]1CC[C@@]2(C)C(=CC[C@H]3[C@@H]4CC[C@H]([C@H](C)CCCC(C)C)[C@@]4(C)CC[C@@H]32)C1)C(=O)O. The Hall–Kier alpha value is -0.830. The molecule has 4 aliphatic carbocycles. The fourth-order valence-electron chi connectivity index (χ4n) is 9.51. The van der Waals surface area contributed by atoms with E-state index in [-0.39, 0.29) is 6.10 Å². The molecule has 4 aliphatic rings. The Morgan fingerprint density at radius 3 is 2.51 bits per heavy atom. The maximum atomic E-state index is 11.7. The van der Waals surface area contributed by atoms with E-state index in [0.717, 1.165) is 54.8 Å². The van der Waals surface area contributed by atoms with Gasteiger partial charge in [0, 0.05) is 0 Å². The molecule has 200 valence electrons. The van der Waals surface area contributed by atoms with Gasteiger partial charge in [0.2, 0.25) is 0 Å². The quantitative estimate of drug-likeness (QED) is 0.314. The summed E-state index contributed by atoms with van der Waals surface area (Å²) in [6.45, 7) is 14.6. The monoisotopic (exact) mass is 486 g/mol. The van der Waals surface area contributed by atoms with Crippen molar-refractivity contribution < 1.29 is 14.6 Å². The van der Waals surface area contributed by atoms with Crippen LogP contribution in [-0.4, -0.2) is 23.3 Å². The molecule has 35 heavy (non-hydrogen) atoms. The minimum atomic E-state index is -0.793. The number of hydrogen-bond acceptors (Lipinski definition) is 2. The highest BCUT2D eigenvalue weighted by atomic mass is 16.5. The standard InChI is InChI=1S/C32H54O3/c1-7-9-29(30(33)34)35-24-16-18-31(5)23(20-24)12-13-25-27-15-14-26(22(4)11-8-10-21(2)3)32(27,6)19-17-28(25)31/h12,21-22,24-29H,7-11,13-20H2,1-6H3,(H,33,34)/t22-,24+,25+,26-,27+,28+,29?,31+,32-/m1/s1. The third-order valence-corrected chi connectivity index (χ3v) is 11.4. The lowest BCUT2D eigenvalue weighted by Crippen LogP contribution is -2.51. The van der Waals surface area contributed by atoms with Gasteiger partial charge in [0.05, 0.1) is 6.10 Å². The van der Waals surface area contributed by atoms with Crippen LogP contribution in [0.4, 0.5) is 0 Å². The van der Waals surface area contributed by atoms with Crippen LogP contribution in [0.15, 0.2) is 11.6 Å². The van der Waals surface area contributed by atoms with Crippen LogP contribution in [0.3, 0.4) is 0 Å². The predicted molar refractivity (Wildman–Crippen MR) is 144 cm³/mol. The lowest BCUT2D eigenvalue weighted by molar-refractivity contribution is -0.157. The summed E-state index contributed by atoms with van der Waals surface area (Å²) in [6, 6.07) is 0. The molecular weight excluding hydrogens is 432 g/mol. The van der Waals surface area contributed by atoms with Crippen LogP contribution in [0.1, 0.15) is 125 Å². The number of carboxylic acid groups (broad SMARTS) is 1. The molecule has 0 aromatic rings. The summed E-state index contributed by atoms with van der Waals surface area (Å²) in [7, 11) is 0. The van der Waals surface area contributed by atoms with E-state index in [9.17, 15) is 9.90 Å². The average molecular weight is 487 g/mol. The molecule has 0 radical (unpaired) electrons. The number of rotatable bonds is 10. The normalized spacial score (nSPS) is 40.4. The summed E-state index contributed by atoms with van der Waals surface area (Å²) in [5.41, 5.74) is 2.43. The Morgan fingerprint density at radius 1 is 1.06 bits per heavy atom. The van der Waals surface area contributed by atoms with Gasteiger partial charge in [-0.25, -0.2) is 4.79 Å². The maximum Gasteiger partial charge on any atom is 0.332 e. The Bertz CT molecular complexity index is 771. The summed E-state index contributed by atoms with van der Waals surface area (Å²) >= 11 is 0. The molecule has 3 heteroatoms. The largest absolute Gasteiger partial charge is 0.479 e. The fourth-order valence-corrected chi connectivity index (χ4v) is 9.51. The van der Waals surface area contributed by atoms with Crippen LogP contribution in [-0.2, 0) is 9.53 Å². The smallest absolute Gasteiger partial charge is 0.332 e. The molecule has 3 nitrogen and oxygen atoms in total. The van der Waals surface area contributed by atoms with Gasteiger partial charge < -0.3 is 9.84 Å². The molecule has 0 heterocycles. The lowest BCUT2D eigenvalue weighted by Gasteiger charge is -2.58. The van der Waals surface area contributed by atoms with Crippen molar-refractivity contribution in [2.45, 2.75) is 137 Å². The third kappa shape index (κ3) is 5.27. The minimum Gasteiger partial charge on any atom is -0.479 e. The number of carboxylic acids is 1. The third-order valence-electron chi connectivity index (χ3n) is 11.4. The van der Waals surface area contributed by atoms with Gasteiger partial charge in [0.1, 0.15) is 0 Å². The second-order valence-corrected chi connectivity index (χ2v) is 13.9. The predicted octanol–water partition coefficient (Wildman–Crippen LogP) is 8.67. The van der Waals surface area contributed by atoms with Crippen molar-refractivity contribution in [2.75, 3.05) is 0 Å². The molecule has 0 aromatic heterocycles. The second-order valence-electron chi connectivity index (χ2n) is 13.9. The topological polar surface area (TPSA) is 46.5 Å². The second kappa shape index (κ2) is 10.9. The summed E-state index contributed by atoms with van der Waals surface area (Å²) in [5.74, 6) is 4.36. The summed E-state index contributed by atoms with van der Waals surface area (Å²) < 4.78 is 6.16. The van der Waals surface area contributed by atoms with Crippen molar-refractivity contribution in [3.63, 3.8) is 0 Å². The first kappa shape index (κ1) is 27.2. The van der Waals surface area contributed by atoms with Crippen LogP contribution in [0.25, 0.3) is 0 Å². The van der Waals surface area contributed by atoms with Crippen LogP contribution >= 0.6 is 0 Å². The van der Waals surface area contributed by atoms with Gasteiger partial charge in [-0.1, -0.05) is 78.9 Å². The molecule has 3 saturated carbocycles. The van der Waals surface area contributed by atoms with Gasteiger partial charge in [-0.2, -0.15) is 0 Å². The van der Waals surface area contributed by atoms with Gasteiger partial charge >= 0.3 is 5.97 Å². The molecule has 3 fully saturated rings. The van der Waals surface area contributed by atoms with Crippen LogP contribution in [0.5, 0.6) is 0 Å². The van der Waals surface area contributed by atoms with Crippen molar-refractivity contribution in [3.8, 4) is 0 Å². The average Bonchev–Trinajstić information content (AvgIpc) is 3.16. The lowest BCUT2D eigenvalue weighted by atomic mass is 9.47. The first-order chi connectivity index (χ1) is 16.6. The van der Waals surface area contributed by atoms with Gasteiger partial charge in [0.15, 0.2) is 6.10 Å². The molecule has 0 bridgehead atoms. The van der Waals surface area contributed by atoms with E-state index in [4.69, 9.17) is 4.74 Å². The van der Waals surface area contributed by atoms with E-state index in [1.54, 1.807) is 5.57 Å². The molecule has 0 saturated heterocycles. The van der Waals surface area contributed by atoms with E-state index < -0.39 is 12.1 Å². The van der Waals surface area contributed by atoms with Crippen molar-refractivity contribution >= 4 is 5.97 Å². The summed E-state index contributed by atoms with van der Waals surface area (Å²) in [4.78, 5) is 11.7. The number of hydrogen-bond donors (Lipinski definition) is 1. The van der Waals surface area contributed by atoms with E-state index in [1.165, 1.54) is 57.8 Å². The van der Waals surface area contributed by atoms with Crippen molar-refractivity contribution in [1.29, 1.82) is 0 Å². The zero-order chi connectivity index (χ0) is 25.4. The number of aliphatic carboxylic acids is 1. The molecule has 1 unspecified atom stereocenters. The molecular formula is C32H54O3. The molecule has 0 spiro atoms. The first-order valence-electron chi connectivity index (χ1n) is 15.2. The van der Waals surface area contributed by atoms with E-state index in [1.807, 2.05) is 6.92 Å². The maximum absolute atomic E-state index is 11.7. The van der Waals surface area contributed by atoms with Crippen molar-refractivity contribution in [3.05, 3.63) is 11.6 Å². The van der Waals surface area contributed by atoms with Gasteiger partial charge in [-0.05, 0) is 104 Å². The highest BCUT2D eigenvalue weighted by Crippen LogP contribution is 2.67. The minimum absolute atomic E-state index is 0.0786. The summed E-state index contributed by atoms with van der Waals surface area (Å²) in [6.07, 6.45) is 17.8. The molecule has 9 atom stereocenters. The highest BCUT2D eigenvalue weighted by molar-refractivity contribution is 5.72.